The van der Waals surface area contributed by atoms with Crippen LogP contribution in [0, 0.1) is 5.41 Å². The number of aliphatic imine (C=N–C) groups is 2. The SMILES string of the molecule is CCCCCCCCCCCCCCCCCCCC(=O)CC(=O)SCCN=C([O-])CCN=C([O-])[C@H](O)C(C)(C)COP(=O)(O)OP(=O)(O)OC[C@H]1O[C@@H](n2cnc3c(N)ncnc32)[C@H](O)[C@@H]1OP(=O)([O-])[O-]. The monoisotopic (exact) mass is 1100 g/mol. The van der Waals surface area contributed by atoms with Gasteiger partial charge in [0, 0.05) is 30.7 Å². The van der Waals surface area contributed by atoms with Crippen molar-refractivity contribution in [2.75, 3.05) is 37.8 Å². The van der Waals surface area contributed by atoms with Gasteiger partial charge in [-0.3, -0.25) is 23.2 Å². The Bertz CT molecular complexity index is 2180. The van der Waals surface area contributed by atoms with Gasteiger partial charge in [-0.25, -0.2) is 24.1 Å². The molecule has 1 saturated heterocycles. The molecule has 7 atom stereocenters. The van der Waals surface area contributed by atoms with Crippen LogP contribution in [0.1, 0.15) is 155 Å². The molecule has 0 aliphatic carbocycles. The number of aromatic nitrogens is 4. The van der Waals surface area contributed by atoms with Crippen molar-refractivity contribution in [3.05, 3.63) is 12.7 Å². The van der Waals surface area contributed by atoms with E-state index in [1.54, 1.807) is 0 Å². The van der Waals surface area contributed by atoms with E-state index in [4.69, 9.17) is 19.5 Å². The number of hydrogen-bond acceptors (Lipinski definition) is 23. The summed E-state index contributed by atoms with van der Waals surface area (Å²) in [6.45, 7) is 2.11. The van der Waals surface area contributed by atoms with E-state index < -0.39 is 84.5 Å². The first-order valence-electron chi connectivity index (χ1n) is 24.4. The Kier molecular flexibility index (Phi) is 28.2. The second-order valence-corrected chi connectivity index (χ2v) is 23.5. The van der Waals surface area contributed by atoms with Crippen LogP contribution in [0.3, 0.4) is 0 Å². The van der Waals surface area contributed by atoms with Crippen LogP contribution < -0.4 is 25.7 Å². The third kappa shape index (κ3) is 24.3. The molecule has 0 saturated carbocycles. The van der Waals surface area contributed by atoms with Crippen LogP contribution in [0.15, 0.2) is 22.6 Å². The van der Waals surface area contributed by atoms with Crippen molar-refractivity contribution in [3.63, 3.8) is 0 Å². The fourth-order valence-corrected chi connectivity index (χ4v) is 11.0. The third-order valence-corrected chi connectivity index (χ3v) is 15.5. The van der Waals surface area contributed by atoms with E-state index in [2.05, 4.69) is 40.7 Å². The molecule has 2 aromatic rings. The number of unbranched alkanes of at least 4 members (excludes halogenated alkanes) is 16. The molecule has 29 heteroatoms. The van der Waals surface area contributed by atoms with Gasteiger partial charge in [-0.2, -0.15) is 4.31 Å². The molecule has 0 spiro atoms. The van der Waals surface area contributed by atoms with Gasteiger partial charge in [0.15, 0.2) is 22.8 Å². The van der Waals surface area contributed by atoms with Crippen molar-refractivity contribution < 1.29 is 85.9 Å². The Labute approximate surface area is 424 Å². The van der Waals surface area contributed by atoms with Crippen LogP contribution in [0.2, 0.25) is 0 Å². The fraction of sp³-hybridized carbons (Fsp3) is 0.791. The van der Waals surface area contributed by atoms with Crippen molar-refractivity contribution in [2.24, 2.45) is 15.4 Å². The first-order valence-corrected chi connectivity index (χ1v) is 29.8. The number of aliphatic hydroxyl groups excluding tert-OH is 2. The van der Waals surface area contributed by atoms with E-state index in [1.807, 2.05) is 0 Å². The lowest BCUT2D eigenvalue weighted by Crippen LogP contribution is -2.45. The number of thioether (sulfide) groups is 1. The largest absolute Gasteiger partial charge is 0.862 e. The first-order chi connectivity index (χ1) is 33.9. The lowest BCUT2D eigenvalue weighted by Gasteiger charge is -2.34. The Morgan fingerprint density at radius 2 is 1.43 bits per heavy atom. The number of aliphatic hydroxyl groups is 2. The summed E-state index contributed by atoms with van der Waals surface area (Å²) in [5.74, 6) is -1.80. The summed E-state index contributed by atoms with van der Waals surface area (Å²) in [5.41, 5.74) is 4.12. The van der Waals surface area contributed by atoms with E-state index in [-0.39, 0.29) is 59.6 Å². The molecular weight excluding hydrogens is 1030 g/mol. The van der Waals surface area contributed by atoms with Crippen LogP contribution in [-0.2, 0) is 45.9 Å². The molecule has 412 valence electrons. The van der Waals surface area contributed by atoms with Gasteiger partial charge in [0.25, 0.3) is 0 Å². The number of phosphoric acid groups is 3. The van der Waals surface area contributed by atoms with E-state index in [0.29, 0.717) is 6.42 Å². The number of carbonyl (C=O) groups excluding carboxylic acids is 2. The Morgan fingerprint density at radius 1 is 0.861 bits per heavy atom. The van der Waals surface area contributed by atoms with Crippen molar-refractivity contribution in [2.45, 2.75) is 180 Å². The summed E-state index contributed by atoms with van der Waals surface area (Å²) in [7, 11) is -17.0. The number of fused-ring (bicyclic) bond motifs is 1. The number of imidazole rings is 1. The number of anilines is 1. The van der Waals surface area contributed by atoms with Gasteiger partial charge in [-0.15, -0.1) is 0 Å². The number of phosphoric ester groups is 3. The lowest BCUT2D eigenvalue weighted by molar-refractivity contribution is -0.347. The molecule has 1 aliphatic heterocycles. The molecule has 2 unspecified atom stereocenters. The maximum Gasteiger partial charge on any atom is 0.481 e. The molecule has 1 aliphatic rings. The van der Waals surface area contributed by atoms with Crippen LogP contribution >= 0.6 is 35.2 Å². The van der Waals surface area contributed by atoms with Crippen molar-refractivity contribution in [1.29, 1.82) is 0 Å². The van der Waals surface area contributed by atoms with Gasteiger partial charge in [0.05, 0.1) is 39.9 Å². The van der Waals surface area contributed by atoms with Crippen molar-refractivity contribution in [3.8, 4) is 0 Å². The number of carbonyl (C=O) groups is 2. The molecule has 72 heavy (non-hydrogen) atoms. The highest BCUT2D eigenvalue weighted by molar-refractivity contribution is 8.13. The molecule has 3 heterocycles. The number of Topliss-reactive ketones (excluding diaryl/α,β-unsaturated/α-hetero) is 1. The second-order valence-electron chi connectivity index (χ2n) is 18.2. The lowest BCUT2D eigenvalue weighted by atomic mass is 9.87. The van der Waals surface area contributed by atoms with Crippen molar-refractivity contribution in [1.82, 2.24) is 19.5 Å². The number of nitrogens with zero attached hydrogens (tertiary/aromatic N) is 6. The number of hydrogen-bond donors (Lipinski definition) is 5. The fourth-order valence-electron chi connectivity index (χ4n) is 7.53. The standard InChI is InChI=1S/C43H76N7O18P3S/c1-4-5-6-7-8-9-10-11-12-13-14-15-16-17-18-19-20-21-31(51)26-34(53)72-25-24-45-33(52)22-23-46-41(56)38(55)43(2,3)28-65-71(62,63)68-70(60,61)64-27-32-37(67-69(57,58)59)36(54)42(66-32)50-30-49-35-39(44)47-29-48-40(35)50/h29-30,32,36-38,42,54-55H,4-28H2,1-3H3,(H,45,52)(H,46,56)(H,60,61)(H,62,63)(H2,44,47,48)(H2,57,58,59)/p-4/t32-,36-,37-,38+,42-/m1/s1. The highest BCUT2D eigenvalue weighted by Crippen LogP contribution is 2.61. The summed E-state index contributed by atoms with van der Waals surface area (Å²) in [5, 5.41) is 46.0. The average molecular weight is 1100 g/mol. The summed E-state index contributed by atoms with van der Waals surface area (Å²) in [4.78, 5) is 87.1. The summed E-state index contributed by atoms with van der Waals surface area (Å²) >= 11 is 0.900. The normalized spacial score (nSPS) is 20.2. The molecule has 0 amide bonds. The quantitative estimate of drug-likeness (QED) is 0.0209. The number of ether oxygens (including phenoxy) is 1. The first kappa shape index (κ1) is 63.5. The zero-order valence-electron chi connectivity index (χ0n) is 41.2. The van der Waals surface area contributed by atoms with E-state index in [1.165, 1.54) is 97.3 Å². The smallest absolute Gasteiger partial charge is 0.481 e. The van der Waals surface area contributed by atoms with E-state index in [9.17, 15) is 63.3 Å². The molecule has 6 N–H and O–H groups in total. The molecule has 25 nitrogen and oxygen atoms in total. The Morgan fingerprint density at radius 3 is 2.01 bits per heavy atom. The maximum absolute atomic E-state index is 12.7. The summed E-state index contributed by atoms with van der Waals surface area (Å²) < 4.78 is 61.7. The second kappa shape index (κ2) is 32.0. The minimum absolute atomic E-state index is 0.00761. The van der Waals surface area contributed by atoms with Crippen LogP contribution in [-0.4, -0.2) is 119 Å². The highest BCUT2D eigenvalue weighted by Gasteiger charge is 2.48. The highest BCUT2D eigenvalue weighted by atomic mass is 32.2. The van der Waals surface area contributed by atoms with Gasteiger partial charge in [0.2, 0.25) is 0 Å². The number of nitrogen functional groups attached to an aromatic ring is 1. The minimum atomic E-state index is -5.84. The summed E-state index contributed by atoms with van der Waals surface area (Å²) in [6.07, 6.45) is 13.7. The minimum Gasteiger partial charge on any atom is -0.862 e. The maximum atomic E-state index is 12.7. The number of ketones is 1. The third-order valence-electron chi connectivity index (χ3n) is 11.5. The number of nitrogens with two attached hydrogens (primary N) is 1. The van der Waals surface area contributed by atoms with Gasteiger partial charge >= 0.3 is 15.6 Å². The molecule has 0 bridgehead atoms. The van der Waals surface area contributed by atoms with Gasteiger partial charge in [-0.1, -0.05) is 135 Å². The predicted molar refractivity (Wildman–Crippen MR) is 260 cm³/mol. The Balaban J connectivity index is 1.30. The topological polar surface area (TPSA) is 399 Å². The zero-order chi connectivity index (χ0) is 53.4. The van der Waals surface area contributed by atoms with E-state index >= 15 is 0 Å². The van der Waals surface area contributed by atoms with Gasteiger partial charge in [0.1, 0.15) is 35.9 Å². The van der Waals surface area contributed by atoms with Gasteiger partial charge < -0.3 is 69.5 Å². The molecule has 1 fully saturated rings. The van der Waals surface area contributed by atoms with Gasteiger partial charge in [-0.05, 0) is 24.6 Å². The zero-order valence-corrected chi connectivity index (χ0v) is 44.7. The molecule has 0 aromatic carbocycles. The van der Waals surface area contributed by atoms with Crippen LogP contribution in [0.5, 0.6) is 0 Å². The van der Waals surface area contributed by atoms with Crippen molar-refractivity contribution >= 4 is 74.9 Å². The molecule has 3 rings (SSSR count). The Hall–Kier alpha value is -2.77. The van der Waals surface area contributed by atoms with Crippen LogP contribution in [0.25, 0.3) is 11.2 Å². The molecular formula is C43H72N7O18P3S-4. The molecule has 2 aromatic heterocycles. The predicted octanol–water partition coefficient (Wildman–Crippen LogP) is 3.69. The number of rotatable bonds is 39. The average Bonchev–Trinajstić information content (AvgIpc) is 3.86. The summed E-state index contributed by atoms with van der Waals surface area (Å²) in [6, 6.07) is 0. The molecule has 0 radical (unpaired) electrons. The van der Waals surface area contributed by atoms with E-state index in [0.717, 1.165) is 54.7 Å². The van der Waals surface area contributed by atoms with Crippen LogP contribution in [0.4, 0.5) is 5.82 Å².